The molecule has 1 N–H and O–H groups in total. The van der Waals surface area contributed by atoms with E-state index in [4.69, 9.17) is 0 Å². The van der Waals surface area contributed by atoms with E-state index >= 15 is 0 Å². The van der Waals surface area contributed by atoms with E-state index in [2.05, 4.69) is 24.9 Å². The van der Waals surface area contributed by atoms with Crippen LogP contribution in [0.4, 0.5) is 0 Å². The maximum Gasteiger partial charge on any atom is 0.00398 e. The van der Waals surface area contributed by atoms with Gasteiger partial charge in [-0.1, -0.05) is 13.0 Å². The summed E-state index contributed by atoms with van der Waals surface area (Å²) in [7, 11) is 0. The standard InChI is InChI=1S/C8H15N/c1-3-8(2)5-4-6-9-7-8/h3,9H,1,4-7H2,2H3. The van der Waals surface area contributed by atoms with Crippen molar-refractivity contribution in [2.45, 2.75) is 19.8 Å². The first-order chi connectivity index (χ1) is 4.27. The van der Waals surface area contributed by atoms with Crippen LogP contribution in [0.1, 0.15) is 19.8 Å². The normalized spacial score (nSPS) is 36.1. The summed E-state index contributed by atoms with van der Waals surface area (Å²) < 4.78 is 0. The van der Waals surface area contributed by atoms with Gasteiger partial charge in [0.05, 0.1) is 0 Å². The highest BCUT2D eigenvalue weighted by molar-refractivity contribution is 4.94. The molecule has 0 aliphatic carbocycles. The van der Waals surface area contributed by atoms with Gasteiger partial charge in [-0.2, -0.15) is 0 Å². The second-order valence-corrected chi connectivity index (χ2v) is 3.14. The summed E-state index contributed by atoms with van der Waals surface area (Å²) in [6.07, 6.45) is 4.66. The largest absolute Gasteiger partial charge is 0.316 e. The third-order valence-corrected chi connectivity index (χ3v) is 2.12. The second-order valence-electron chi connectivity index (χ2n) is 3.14. The Kier molecular flexibility index (Phi) is 1.91. The van der Waals surface area contributed by atoms with E-state index in [1.165, 1.54) is 19.4 Å². The molecular formula is C8H15N. The highest BCUT2D eigenvalue weighted by Crippen LogP contribution is 2.25. The van der Waals surface area contributed by atoms with Crippen molar-refractivity contribution in [3.8, 4) is 0 Å². The van der Waals surface area contributed by atoms with E-state index in [0.717, 1.165) is 6.54 Å². The van der Waals surface area contributed by atoms with Crippen molar-refractivity contribution in [3.63, 3.8) is 0 Å². The van der Waals surface area contributed by atoms with E-state index < -0.39 is 0 Å². The van der Waals surface area contributed by atoms with Crippen LogP contribution in [-0.4, -0.2) is 13.1 Å². The van der Waals surface area contributed by atoms with E-state index in [1.807, 2.05) is 0 Å². The minimum atomic E-state index is 0.373. The molecule has 1 unspecified atom stereocenters. The molecule has 0 amide bonds. The zero-order chi connectivity index (χ0) is 6.74. The highest BCUT2D eigenvalue weighted by atomic mass is 14.9. The Balaban J connectivity index is 2.46. The van der Waals surface area contributed by atoms with E-state index in [1.54, 1.807) is 0 Å². The Labute approximate surface area is 57.1 Å². The fraction of sp³-hybridized carbons (Fsp3) is 0.750. The lowest BCUT2D eigenvalue weighted by molar-refractivity contribution is 0.307. The molecule has 1 nitrogen and oxygen atoms in total. The molecule has 1 heteroatoms. The molecule has 1 rings (SSSR count). The summed E-state index contributed by atoms with van der Waals surface area (Å²) in [5, 5.41) is 3.36. The molecule has 0 aromatic rings. The zero-order valence-corrected chi connectivity index (χ0v) is 6.11. The molecule has 52 valence electrons. The summed E-state index contributed by atoms with van der Waals surface area (Å²) in [5.74, 6) is 0. The lowest BCUT2D eigenvalue weighted by Gasteiger charge is -2.30. The fourth-order valence-electron chi connectivity index (χ4n) is 1.25. The lowest BCUT2D eigenvalue weighted by Crippen LogP contribution is -2.36. The number of hydrogen-bond donors (Lipinski definition) is 1. The molecule has 0 aromatic heterocycles. The van der Waals surface area contributed by atoms with Crippen LogP contribution >= 0.6 is 0 Å². The Morgan fingerprint density at radius 2 is 2.44 bits per heavy atom. The van der Waals surface area contributed by atoms with Crippen LogP contribution in [0.2, 0.25) is 0 Å². The van der Waals surface area contributed by atoms with Crippen molar-refractivity contribution >= 4 is 0 Å². The first-order valence-electron chi connectivity index (χ1n) is 3.61. The van der Waals surface area contributed by atoms with Crippen LogP contribution in [0.5, 0.6) is 0 Å². The van der Waals surface area contributed by atoms with Gasteiger partial charge >= 0.3 is 0 Å². The minimum Gasteiger partial charge on any atom is -0.316 e. The summed E-state index contributed by atoms with van der Waals surface area (Å²) in [6, 6.07) is 0. The number of nitrogens with one attached hydrogen (secondary N) is 1. The Morgan fingerprint density at radius 3 is 2.78 bits per heavy atom. The van der Waals surface area contributed by atoms with Crippen LogP contribution in [0.3, 0.4) is 0 Å². The van der Waals surface area contributed by atoms with Crippen molar-refractivity contribution in [1.29, 1.82) is 0 Å². The predicted octanol–water partition coefficient (Wildman–Crippen LogP) is 1.56. The van der Waals surface area contributed by atoms with Crippen molar-refractivity contribution in [1.82, 2.24) is 5.32 Å². The Bertz CT molecular complexity index is 101. The molecule has 1 atom stereocenters. The fourth-order valence-corrected chi connectivity index (χ4v) is 1.25. The van der Waals surface area contributed by atoms with E-state index in [0.29, 0.717) is 5.41 Å². The Morgan fingerprint density at radius 1 is 1.67 bits per heavy atom. The number of hydrogen-bond acceptors (Lipinski definition) is 1. The quantitative estimate of drug-likeness (QED) is 0.524. The molecule has 0 radical (unpaired) electrons. The predicted molar refractivity (Wildman–Crippen MR) is 40.4 cm³/mol. The average molecular weight is 125 g/mol. The average Bonchev–Trinajstić information content (AvgIpc) is 1.90. The molecule has 1 heterocycles. The SMILES string of the molecule is C=CC1(C)CCCNC1. The molecule has 9 heavy (non-hydrogen) atoms. The molecule has 0 bridgehead atoms. The molecule has 1 aliphatic rings. The van der Waals surface area contributed by atoms with Gasteiger partial charge in [0.1, 0.15) is 0 Å². The van der Waals surface area contributed by atoms with Gasteiger partial charge in [-0.3, -0.25) is 0 Å². The van der Waals surface area contributed by atoms with Gasteiger partial charge in [0.25, 0.3) is 0 Å². The van der Waals surface area contributed by atoms with Crippen LogP contribution in [-0.2, 0) is 0 Å². The maximum atomic E-state index is 3.82. The van der Waals surface area contributed by atoms with Crippen LogP contribution < -0.4 is 5.32 Å². The second kappa shape index (κ2) is 2.53. The first kappa shape index (κ1) is 6.81. The van der Waals surface area contributed by atoms with Crippen LogP contribution in [0, 0.1) is 5.41 Å². The monoisotopic (exact) mass is 125 g/mol. The van der Waals surface area contributed by atoms with Crippen molar-refractivity contribution in [2.24, 2.45) is 5.41 Å². The lowest BCUT2D eigenvalue weighted by atomic mass is 9.83. The number of rotatable bonds is 1. The van der Waals surface area contributed by atoms with Gasteiger partial charge in [-0.15, -0.1) is 6.58 Å². The molecular weight excluding hydrogens is 110 g/mol. The van der Waals surface area contributed by atoms with Crippen LogP contribution in [0.15, 0.2) is 12.7 Å². The summed E-state index contributed by atoms with van der Waals surface area (Å²) >= 11 is 0. The molecule has 1 fully saturated rings. The minimum absolute atomic E-state index is 0.373. The summed E-state index contributed by atoms with van der Waals surface area (Å²) in [4.78, 5) is 0. The highest BCUT2D eigenvalue weighted by Gasteiger charge is 2.21. The van der Waals surface area contributed by atoms with Gasteiger partial charge in [0.15, 0.2) is 0 Å². The van der Waals surface area contributed by atoms with E-state index in [9.17, 15) is 0 Å². The maximum absolute atomic E-state index is 3.82. The first-order valence-corrected chi connectivity index (χ1v) is 3.61. The van der Waals surface area contributed by atoms with E-state index in [-0.39, 0.29) is 0 Å². The van der Waals surface area contributed by atoms with Gasteiger partial charge < -0.3 is 5.32 Å². The molecule has 0 saturated carbocycles. The third-order valence-electron chi connectivity index (χ3n) is 2.12. The zero-order valence-electron chi connectivity index (χ0n) is 6.11. The van der Waals surface area contributed by atoms with Gasteiger partial charge in [-0.25, -0.2) is 0 Å². The summed E-state index contributed by atoms with van der Waals surface area (Å²) in [5.41, 5.74) is 0.373. The van der Waals surface area contributed by atoms with Gasteiger partial charge in [0, 0.05) is 6.54 Å². The van der Waals surface area contributed by atoms with Crippen molar-refractivity contribution in [2.75, 3.05) is 13.1 Å². The molecule has 0 spiro atoms. The third kappa shape index (κ3) is 1.55. The molecule has 1 saturated heterocycles. The molecule has 1 aliphatic heterocycles. The van der Waals surface area contributed by atoms with Crippen molar-refractivity contribution < 1.29 is 0 Å². The number of piperidine rings is 1. The van der Waals surface area contributed by atoms with Crippen LogP contribution in [0.25, 0.3) is 0 Å². The van der Waals surface area contributed by atoms with Gasteiger partial charge in [0.2, 0.25) is 0 Å². The van der Waals surface area contributed by atoms with Gasteiger partial charge in [-0.05, 0) is 24.8 Å². The Hall–Kier alpha value is -0.300. The smallest absolute Gasteiger partial charge is 0.00398 e. The van der Waals surface area contributed by atoms with Crippen molar-refractivity contribution in [3.05, 3.63) is 12.7 Å². The topological polar surface area (TPSA) is 12.0 Å². The molecule has 0 aromatic carbocycles. The summed E-state index contributed by atoms with van der Waals surface area (Å²) in [6.45, 7) is 8.36.